The average molecular weight is 493 g/mol. The van der Waals surface area contributed by atoms with E-state index in [0.717, 1.165) is 31.2 Å². The van der Waals surface area contributed by atoms with E-state index in [1.165, 1.54) is 18.3 Å². The van der Waals surface area contributed by atoms with E-state index in [-0.39, 0.29) is 24.3 Å². The zero-order chi connectivity index (χ0) is 25.5. The van der Waals surface area contributed by atoms with E-state index in [2.05, 4.69) is 5.32 Å². The minimum Gasteiger partial charge on any atom is -0.497 e. The van der Waals surface area contributed by atoms with Gasteiger partial charge in [-0.05, 0) is 60.4 Å². The molecule has 0 radical (unpaired) electrons. The van der Waals surface area contributed by atoms with Crippen LogP contribution in [0.4, 0.5) is 0 Å². The normalized spacial score (nSPS) is 14.2. The van der Waals surface area contributed by atoms with Gasteiger partial charge in [-0.2, -0.15) is 0 Å². The molecule has 1 aliphatic carbocycles. The first-order chi connectivity index (χ1) is 17.5. The third-order valence-electron chi connectivity index (χ3n) is 6.46. The number of nitrogens with one attached hydrogen (secondary N) is 1. The van der Waals surface area contributed by atoms with Crippen molar-refractivity contribution >= 4 is 11.8 Å². The zero-order valence-corrected chi connectivity index (χ0v) is 20.9. The molecule has 4 rings (SSSR count). The fourth-order valence-corrected chi connectivity index (χ4v) is 4.64. The summed E-state index contributed by atoms with van der Waals surface area (Å²) >= 11 is 0. The van der Waals surface area contributed by atoms with E-state index in [1.807, 2.05) is 24.3 Å². The zero-order valence-electron chi connectivity index (χ0n) is 20.9. The van der Waals surface area contributed by atoms with Gasteiger partial charge in [-0.15, -0.1) is 0 Å². The van der Waals surface area contributed by atoms with Crippen LogP contribution in [0.1, 0.15) is 53.4 Å². The molecule has 190 valence electrons. The van der Waals surface area contributed by atoms with Crippen LogP contribution in [-0.2, 0) is 11.3 Å². The number of hydrogen-bond donors (Lipinski definition) is 1. The van der Waals surface area contributed by atoms with E-state index in [9.17, 15) is 9.59 Å². The van der Waals surface area contributed by atoms with Gasteiger partial charge in [-0.3, -0.25) is 9.59 Å². The maximum atomic E-state index is 13.9. The van der Waals surface area contributed by atoms with Gasteiger partial charge in [0, 0.05) is 12.6 Å². The van der Waals surface area contributed by atoms with Gasteiger partial charge in [0.15, 0.2) is 17.3 Å². The molecule has 1 fully saturated rings. The summed E-state index contributed by atoms with van der Waals surface area (Å²) in [7, 11) is 4.68. The van der Waals surface area contributed by atoms with Crippen LogP contribution in [0.3, 0.4) is 0 Å². The monoisotopic (exact) mass is 492 g/mol. The number of nitrogens with zero attached hydrogens (tertiary/aromatic N) is 1. The second-order valence-corrected chi connectivity index (χ2v) is 8.77. The molecule has 8 heteroatoms. The molecule has 0 saturated heterocycles. The maximum Gasteiger partial charge on any atom is 0.290 e. The lowest BCUT2D eigenvalue weighted by Crippen LogP contribution is -2.45. The van der Waals surface area contributed by atoms with Gasteiger partial charge in [0.25, 0.3) is 5.91 Å². The quantitative estimate of drug-likeness (QED) is 0.439. The summed E-state index contributed by atoms with van der Waals surface area (Å²) in [5, 5.41) is 3.17. The van der Waals surface area contributed by atoms with Crippen molar-refractivity contribution in [3.8, 4) is 17.2 Å². The minimum atomic E-state index is -0.936. The molecule has 0 spiro atoms. The van der Waals surface area contributed by atoms with Gasteiger partial charge in [0.05, 0.1) is 27.6 Å². The van der Waals surface area contributed by atoms with Gasteiger partial charge < -0.3 is 28.8 Å². The van der Waals surface area contributed by atoms with Gasteiger partial charge in [-0.1, -0.05) is 31.0 Å². The van der Waals surface area contributed by atoms with Crippen LogP contribution in [0.15, 0.2) is 65.3 Å². The fourth-order valence-electron chi connectivity index (χ4n) is 4.64. The Labute approximate surface area is 211 Å². The van der Waals surface area contributed by atoms with E-state index < -0.39 is 11.9 Å². The maximum absolute atomic E-state index is 13.9. The summed E-state index contributed by atoms with van der Waals surface area (Å²) in [6.07, 6.45) is 5.44. The average Bonchev–Trinajstić information content (AvgIpc) is 3.63. The molecule has 1 saturated carbocycles. The molecule has 1 atom stereocenters. The van der Waals surface area contributed by atoms with Crippen molar-refractivity contribution in [2.45, 2.75) is 44.3 Å². The van der Waals surface area contributed by atoms with Gasteiger partial charge >= 0.3 is 0 Å². The highest BCUT2D eigenvalue weighted by molar-refractivity contribution is 5.96. The molecule has 0 bridgehead atoms. The van der Waals surface area contributed by atoms with Crippen molar-refractivity contribution in [1.29, 1.82) is 0 Å². The summed E-state index contributed by atoms with van der Waals surface area (Å²) in [6, 6.07) is 15.1. The number of hydrogen-bond acceptors (Lipinski definition) is 6. The molecule has 2 aromatic carbocycles. The van der Waals surface area contributed by atoms with Crippen LogP contribution in [-0.4, -0.2) is 44.1 Å². The highest BCUT2D eigenvalue weighted by Crippen LogP contribution is 2.34. The predicted octanol–water partition coefficient (Wildman–Crippen LogP) is 4.75. The second kappa shape index (κ2) is 11.7. The summed E-state index contributed by atoms with van der Waals surface area (Å²) in [4.78, 5) is 29.1. The molecule has 36 heavy (non-hydrogen) atoms. The highest BCUT2D eigenvalue weighted by atomic mass is 16.5. The first-order valence-electron chi connectivity index (χ1n) is 12.0. The molecule has 1 unspecified atom stereocenters. The highest BCUT2D eigenvalue weighted by Gasteiger charge is 2.35. The number of furan rings is 1. The summed E-state index contributed by atoms with van der Waals surface area (Å²) in [6.45, 7) is 0.161. The Balaban J connectivity index is 1.79. The van der Waals surface area contributed by atoms with Gasteiger partial charge in [0.2, 0.25) is 5.91 Å². The Hall–Kier alpha value is -3.94. The standard InChI is InChI=1S/C28H32N2O6/c1-33-22-11-6-8-19(16-22)18-30(28(32)24-12-7-15-36-24)26(27(31)29-21-9-4-5-10-21)20-13-14-23(34-2)25(17-20)35-3/h6-8,11-17,21,26H,4-5,9-10,18H2,1-3H3,(H,29,31). The van der Waals surface area contributed by atoms with Crippen molar-refractivity contribution < 1.29 is 28.2 Å². The van der Waals surface area contributed by atoms with E-state index in [1.54, 1.807) is 44.6 Å². The lowest BCUT2D eigenvalue weighted by atomic mass is 10.0. The van der Waals surface area contributed by atoms with Crippen molar-refractivity contribution in [3.05, 3.63) is 77.7 Å². The van der Waals surface area contributed by atoms with Crippen molar-refractivity contribution in [1.82, 2.24) is 10.2 Å². The summed E-state index contributed by atoms with van der Waals surface area (Å²) < 4.78 is 21.7. The fraction of sp³-hybridized carbons (Fsp3) is 0.357. The van der Waals surface area contributed by atoms with Crippen LogP contribution in [0.2, 0.25) is 0 Å². The van der Waals surface area contributed by atoms with Crippen LogP contribution >= 0.6 is 0 Å². The lowest BCUT2D eigenvalue weighted by molar-refractivity contribution is -0.126. The molecule has 3 aromatic rings. The Bertz CT molecular complexity index is 1170. The van der Waals surface area contributed by atoms with Crippen molar-refractivity contribution in [2.24, 2.45) is 0 Å². The molecule has 1 heterocycles. The molecule has 1 aliphatic rings. The van der Waals surface area contributed by atoms with E-state index in [4.69, 9.17) is 18.6 Å². The molecule has 1 N–H and O–H groups in total. The number of carbonyl (C=O) groups excluding carboxylic acids is 2. The SMILES string of the molecule is COc1cccc(CN(C(=O)c2ccco2)C(C(=O)NC2CCCC2)c2ccc(OC)c(OC)c2)c1. The Kier molecular flexibility index (Phi) is 8.15. The van der Waals surface area contributed by atoms with Crippen LogP contribution in [0, 0.1) is 0 Å². The molecular formula is C28H32N2O6. The second-order valence-electron chi connectivity index (χ2n) is 8.77. The molecule has 2 amide bonds. The van der Waals surface area contributed by atoms with Crippen LogP contribution < -0.4 is 19.5 Å². The lowest BCUT2D eigenvalue weighted by Gasteiger charge is -2.32. The largest absolute Gasteiger partial charge is 0.497 e. The minimum absolute atomic E-state index is 0.0810. The number of methoxy groups -OCH3 is 3. The predicted molar refractivity (Wildman–Crippen MR) is 134 cm³/mol. The third-order valence-corrected chi connectivity index (χ3v) is 6.46. The smallest absolute Gasteiger partial charge is 0.290 e. The Morgan fingerprint density at radius 1 is 0.972 bits per heavy atom. The third kappa shape index (κ3) is 5.64. The number of amides is 2. The summed E-state index contributed by atoms with van der Waals surface area (Å²) in [5.74, 6) is 1.17. The molecule has 1 aromatic heterocycles. The number of rotatable bonds is 10. The van der Waals surface area contributed by atoms with E-state index >= 15 is 0 Å². The van der Waals surface area contributed by atoms with Gasteiger partial charge in [0.1, 0.15) is 11.8 Å². The first-order valence-corrected chi connectivity index (χ1v) is 12.0. The number of carbonyl (C=O) groups is 2. The number of benzene rings is 2. The van der Waals surface area contributed by atoms with E-state index in [0.29, 0.717) is 22.8 Å². The summed E-state index contributed by atoms with van der Waals surface area (Å²) in [5.41, 5.74) is 1.42. The van der Waals surface area contributed by atoms with Crippen LogP contribution in [0.25, 0.3) is 0 Å². The van der Waals surface area contributed by atoms with Crippen molar-refractivity contribution in [3.63, 3.8) is 0 Å². The Morgan fingerprint density at radius 3 is 2.42 bits per heavy atom. The number of ether oxygens (including phenoxy) is 3. The topological polar surface area (TPSA) is 90.2 Å². The molecule has 0 aliphatic heterocycles. The first kappa shape index (κ1) is 25.2. The molecular weight excluding hydrogens is 460 g/mol. The molecule has 8 nitrogen and oxygen atoms in total. The Morgan fingerprint density at radius 2 is 1.75 bits per heavy atom. The van der Waals surface area contributed by atoms with Crippen molar-refractivity contribution in [2.75, 3.05) is 21.3 Å². The van der Waals surface area contributed by atoms with Gasteiger partial charge in [-0.25, -0.2) is 0 Å². The van der Waals surface area contributed by atoms with Crippen LogP contribution in [0.5, 0.6) is 17.2 Å².